The summed E-state index contributed by atoms with van der Waals surface area (Å²) in [4.78, 5) is 2.26. The van der Waals surface area contributed by atoms with Crippen molar-refractivity contribution in [1.29, 1.82) is 0 Å². The zero-order valence-corrected chi connectivity index (χ0v) is 16.6. The molecule has 1 aromatic rings. The van der Waals surface area contributed by atoms with Gasteiger partial charge in [-0.05, 0) is 38.8 Å². The van der Waals surface area contributed by atoms with Crippen LogP contribution in [0.3, 0.4) is 0 Å². The van der Waals surface area contributed by atoms with Gasteiger partial charge in [-0.15, -0.1) is 0 Å². The first-order chi connectivity index (χ1) is 11.9. The van der Waals surface area contributed by atoms with E-state index >= 15 is 0 Å². The number of hydrogen-bond acceptors (Lipinski definition) is 5. The molecular formula is C20H35NO4. The van der Waals surface area contributed by atoms with Gasteiger partial charge in [0.15, 0.2) is 11.5 Å². The molecule has 1 N–H and O–H groups in total. The van der Waals surface area contributed by atoms with Gasteiger partial charge >= 0.3 is 0 Å². The molecule has 0 aromatic heterocycles. The Hall–Kier alpha value is -1.30. The first-order valence-corrected chi connectivity index (χ1v) is 9.09. The lowest BCUT2D eigenvalue weighted by Gasteiger charge is -2.27. The number of ether oxygens (including phenoxy) is 3. The number of methoxy groups -OCH3 is 2. The number of hydrogen-bond donors (Lipinski definition) is 1. The van der Waals surface area contributed by atoms with Crippen molar-refractivity contribution in [2.45, 2.75) is 52.9 Å². The second-order valence-electron chi connectivity index (χ2n) is 7.11. The minimum Gasteiger partial charge on any atom is -0.493 e. The molecule has 25 heavy (non-hydrogen) atoms. The summed E-state index contributed by atoms with van der Waals surface area (Å²) in [7, 11) is 3.30. The van der Waals surface area contributed by atoms with Crippen molar-refractivity contribution in [1.82, 2.24) is 4.90 Å². The lowest BCUT2D eigenvalue weighted by molar-refractivity contribution is -0.0100. The first kappa shape index (κ1) is 21.7. The molecule has 0 saturated carbocycles. The van der Waals surface area contributed by atoms with E-state index in [0.29, 0.717) is 25.6 Å². The van der Waals surface area contributed by atoms with Crippen LogP contribution in [0.5, 0.6) is 11.5 Å². The predicted molar refractivity (Wildman–Crippen MR) is 101 cm³/mol. The van der Waals surface area contributed by atoms with Gasteiger partial charge in [0.05, 0.1) is 33.0 Å². The third-order valence-electron chi connectivity index (χ3n) is 3.99. The Balaban J connectivity index is 2.82. The maximum absolute atomic E-state index is 10.3. The zero-order valence-electron chi connectivity index (χ0n) is 16.6. The fraction of sp³-hybridized carbons (Fsp3) is 0.700. The summed E-state index contributed by atoms with van der Waals surface area (Å²) in [5, 5.41) is 10.3. The molecule has 1 rings (SSSR count). The van der Waals surface area contributed by atoms with Gasteiger partial charge in [0.1, 0.15) is 0 Å². The maximum Gasteiger partial charge on any atom is 0.165 e. The predicted octanol–water partition coefficient (Wildman–Crippen LogP) is 3.34. The summed E-state index contributed by atoms with van der Waals surface area (Å²) in [6.07, 6.45) is 0.688. The molecule has 5 heteroatoms. The van der Waals surface area contributed by atoms with Crippen LogP contribution in [-0.4, -0.2) is 56.1 Å². The molecule has 1 atom stereocenters. The molecule has 1 aromatic carbocycles. The summed E-state index contributed by atoms with van der Waals surface area (Å²) >= 11 is 0. The minimum absolute atomic E-state index is 0.122. The molecule has 0 aliphatic heterocycles. The third-order valence-corrected chi connectivity index (χ3v) is 3.99. The highest BCUT2D eigenvalue weighted by atomic mass is 16.5. The third kappa shape index (κ3) is 8.08. The number of aliphatic hydroxyl groups is 1. The van der Waals surface area contributed by atoms with E-state index in [0.717, 1.165) is 30.0 Å². The van der Waals surface area contributed by atoms with Gasteiger partial charge in [0.2, 0.25) is 0 Å². The van der Waals surface area contributed by atoms with Crippen LogP contribution in [-0.2, 0) is 11.3 Å². The highest BCUT2D eigenvalue weighted by Crippen LogP contribution is 2.31. The average molecular weight is 354 g/mol. The van der Waals surface area contributed by atoms with Gasteiger partial charge in [-0.25, -0.2) is 0 Å². The van der Waals surface area contributed by atoms with Gasteiger partial charge in [-0.1, -0.05) is 26.0 Å². The molecule has 0 bridgehead atoms. The fourth-order valence-corrected chi connectivity index (χ4v) is 2.65. The van der Waals surface area contributed by atoms with Crippen LogP contribution in [0, 0.1) is 5.92 Å². The van der Waals surface area contributed by atoms with Gasteiger partial charge in [-0.3, -0.25) is 4.90 Å². The Labute approximate surface area is 152 Å². The Kier molecular flexibility index (Phi) is 9.86. The molecule has 0 aliphatic rings. The molecule has 0 saturated heterocycles. The topological polar surface area (TPSA) is 51.2 Å². The van der Waals surface area contributed by atoms with Crippen molar-refractivity contribution in [3.63, 3.8) is 0 Å². The number of rotatable bonds is 12. The molecule has 144 valence electrons. The largest absolute Gasteiger partial charge is 0.493 e. The SMILES string of the molecule is COc1cccc(CN(CCC(C)C)CC(O)COC(C)C)c1OC. The number of aliphatic hydroxyl groups excluding tert-OH is 1. The van der Waals surface area contributed by atoms with E-state index in [9.17, 15) is 5.11 Å². The Morgan fingerprint density at radius 1 is 1.08 bits per heavy atom. The van der Waals surface area contributed by atoms with E-state index in [1.165, 1.54) is 0 Å². The first-order valence-electron chi connectivity index (χ1n) is 9.09. The maximum atomic E-state index is 10.3. The van der Waals surface area contributed by atoms with Crippen LogP contribution < -0.4 is 9.47 Å². The summed E-state index contributed by atoms with van der Waals surface area (Å²) in [6.45, 7) is 10.9. The minimum atomic E-state index is -0.508. The molecule has 5 nitrogen and oxygen atoms in total. The summed E-state index contributed by atoms with van der Waals surface area (Å²) in [6, 6.07) is 5.91. The van der Waals surface area contributed by atoms with Crippen LogP contribution >= 0.6 is 0 Å². The van der Waals surface area contributed by atoms with Crippen molar-refractivity contribution in [3.8, 4) is 11.5 Å². The Morgan fingerprint density at radius 2 is 1.80 bits per heavy atom. The van der Waals surface area contributed by atoms with E-state index < -0.39 is 6.10 Å². The van der Waals surface area contributed by atoms with Crippen molar-refractivity contribution in [2.24, 2.45) is 5.92 Å². The summed E-state index contributed by atoms with van der Waals surface area (Å²) in [5.74, 6) is 2.10. The molecule has 0 aliphatic carbocycles. The van der Waals surface area contributed by atoms with E-state index in [1.807, 2.05) is 32.0 Å². The second kappa shape index (κ2) is 11.3. The van der Waals surface area contributed by atoms with Crippen molar-refractivity contribution < 1.29 is 19.3 Å². The molecule has 1 unspecified atom stereocenters. The molecular weight excluding hydrogens is 318 g/mol. The number of nitrogens with zero attached hydrogens (tertiary/aromatic N) is 1. The number of para-hydroxylation sites is 1. The van der Waals surface area contributed by atoms with Crippen molar-refractivity contribution >= 4 is 0 Å². The Morgan fingerprint density at radius 3 is 2.36 bits per heavy atom. The molecule has 0 spiro atoms. The van der Waals surface area contributed by atoms with Gasteiger partial charge in [-0.2, -0.15) is 0 Å². The Bertz CT molecular complexity index is 491. The quantitative estimate of drug-likeness (QED) is 0.625. The monoisotopic (exact) mass is 353 g/mol. The molecule has 0 radical (unpaired) electrons. The highest BCUT2D eigenvalue weighted by molar-refractivity contribution is 5.46. The molecule has 0 fully saturated rings. The lowest BCUT2D eigenvalue weighted by Crippen LogP contribution is -2.36. The van der Waals surface area contributed by atoms with Crippen molar-refractivity contribution in [3.05, 3.63) is 23.8 Å². The normalized spacial score (nSPS) is 12.9. The number of benzene rings is 1. The molecule has 0 amide bonds. The van der Waals surface area contributed by atoms with Crippen LogP contribution in [0.1, 0.15) is 39.7 Å². The van der Waals surface area contributed by atoms with E-state index in [1.54, 1.807) is 14.2 Å². The lowest BCUT2D eigenvalue weighted by atomic mass is 10.1. The van der Waals surface area contributed by atoms with Gasteiger partial charge < -0.3 is 19.3 Å². The summed E-state index contributed by atoms with van der Waals surface area (Å²) in [5.41, 5.74) is 1.06. The van der Waals surface area contributed by atoms with Gasteiger partial charge in [0, 0.05) is 18.7 Å². The van der Waals surface area contributed by atoms with Crippen LogP contribution in [0.2, 0.25) is 0 Å². The van der Waals surface area contributed by atoms with Crippen molar-refractivity contribution in [2.75, 3.05) is 33.9 Å². The fourth-order valence-electron chi connectivity index (χ4n) is 2.65. The molecule has 0 heterocycles. The van der Waals surface area contributed by atoms with Crippen LogP contribution in [0.4, 0.5) is 0 Å². The van der Waals surface area contributed by atoms with E-state index in [4.69, 9.17) is 14.2 Å². The standard InChI is InChI=1S/C20H35NO4/c1-15(2)10-11-21(13-18(22)14-25-16(3)4)12-17-8-7-9-19(23-5)20(17)24-6/h7-9,15-16,18,22H,10-14H2,1-6H3. The average Bonchev–Trinajstić information content (AvgIpc) is 2.57. The van der Waals surface area contributed by atoms with E-state index in [-0.39, 0.29) is 6.10 Å². The van der Waals surface area contributed by atoms with Gasteiger partial charge in [0.25, 0.3) is 0 Å². The smallest absolute Gasteiger partial charge is 0.165 e. The van der Waals surface area contributed by atoms with Crippen LogP contribution in [0.25, 0.3) is 0 Å². The highest BCUT2D eigenvalue weighted by Gasteiger charge is 2.17. The zero-order chi connectivity index (χ0) is 18.8. The summed E-state index contributed by atoms with van der Waals surface area (Å²) < 4.78 is 16.5. The van der Waals surface area contributed by atoms with Crippen LogP contribution in [0.15, 0.2) is 18.2 Å². The van der Waals surface area contributed by atoms with E-state index in [2.05, 4.69) is 18.7 Å². The second-order valence-corrected chi connectivity index (χ2v) is 7.11.